The second kappa shape index (κ2) is 4.38. The van der Waals surface area contributed by atoms with E-state index < -0.39 is 14.9 Å². The van der Waals surface area contributed by atoms with E-state index in [-0.39, 0.29) is 9.90 Å². The Morgan fingerprint density at radius 3 is 2.78 bits per heavy atom. The predicted molar refractivity (Wildman–Crippen MR) is 65.1 cm³/mol. The minimum atomic E-state index is -3.82. The molecule has 0 spiro atoms. The monoisotopic (exact) mass is 288 g/mol. The van der Waals surface area contributed by atoms with Crippen LogP contribution in [-0.2, 0) is 10.0 Å². The van der Waals surface area contributed by atoms with Crippen molar-refractivity contribution in [3.8, 4) is 0 Å². The number of sulfonamides is 1. The zero-order chi connectivity index (χ0) is 13.3. The van der Waals surface area contributed by atoms with Crippen LogP contribution in [0.2, 0.25) is 0 Å². The molecule has 10 heteroatoms. The van der Waals surface area contributed by atoms with Crippen molar-refractivity contribution in [3.63, 3.8) is 0 Å². The minimum absolute atomic E-state index is 0.139. The van der Waals surface area contributed by atoms with Crippen molar-refractivity contribution < 1.29 is 13.3 Å². The number of anilines is 1. The van der Waals surface area contributed by atoms with E-state index in [0.29, 0.717) is 11.4 Å². The van der Waals surface area contributed by atoms with Crippen LogP contribution in [0.3, 0.4) is 0 Å². The maximum atomic E-state index is 11.9. The molecule has 0 aromatic carbocycles. The van der Waals surface area contributed by atoms with Crippen molar-refractivity contribution in [1.82, 2.24) is 10.2 Å². The van der Waals surface area contributed by atoms with Crippen molar-refractivity contribution in [1.29, 1.82) is 0 Å². The van der Waals surface area contributed by atoms with Crippen LogP contribution in [0.4, 0.5) is 10.7 Å². The molecule has 0 aliphatic heterocycles. The molecule has 0 fully saturated rings. The number of rotatable bonds is 4. The number of nitrogens with zero attached hydrogens (tertiary/aromatic N) is 2. The summed E-state index contributed by atoms with van der Waals surface area (Å²) >= 11 is 0.760. The number of hydrogen-bond acceptors (Lipinski definition) is 6. The van der Waals surface area contributed by atoms with E-state index in [1.165, 1.54) is 11.6 Å². The van der Waals surface area contributed by atoms with Crippen LogP contribution in [0.5, 0.6) is 0 Å². The van der Waals surface area contributed by atoms with E-state index >= 15 is 0 Å². The highest BCUT2D eigenvalue weighted by atomic mass is 32.2. The van der Waals surface area contributed by atoms with Crippen molar-refractivity contribution in [3.05, 3.63) is 33.5 Å². The fourth-order valence-corrected chi connectivity index (χ4v) is 3.39. The van der Waals surface area contributed by atoms with Crippen LogP contribution in [0.25, 0.3) is 0 Å². The summed E-state index contributed by atoms with van der Waals surface area (Å²) in [5, 5.41) is 17.8. The first-order valence-corrected chi connectivity index (χ1v) is 7.02. The first-order valence-electron chi connectivity index (χ1n) is 4.66. The lowest BCUT2D eigenvalue weighted by Crippen LogP contribution is -2.12. The maximum Gasteiger partial charge on any atom is 0.325 e. The van der Waals surface area contributed by atoms with Gasteiger partial charge in [-0.2, -0.15) is 5.10 Å². The molecular weight excluding hydrogens is 280 g/mol. The van der Waals surface area contributed by atoms with Crippen molar-refractivity contribution in [2.45, 2.75) is 11.8 Å². The molecule has 0 atom stereocenters. The van der Waals surface area contributed by atoms with Crippen LogP contribution in [0, 0.1) is 17.0 Å². The van der Waals surface area contributed by atoms with Crippen molar-refractivity contribution >= 4 is 32.0 Å². The Labute approximate surface area is 106 Å². The summed E-state index contributed by atoms with van der Waals surface area (Å²) < 4.78 is 26.1. The third-order valence-corrected chi connectivity index (χ3v) is 4.50. The normalized spacial score (nSPS) is 11.4. The molecule has 2 rings (SSSR count). The van der Waals surface area contributed by atoms with Gasteiger partial charge in [0.2, 0.25) is 0 Å². The summed E-state index contributed by atoms with van der Waals surface area (Å²) in [6.07, 6.45) is 1.33. The maximum absolute atomic E-state index is 11.9. The Kier molecular flexibility index (Phi) is 3.05. The molecule has 0 saturated heterocycles. The van der Waals surface area contributed by atoms with E-state index in [1.807, 2.05) is 0 Å². The molecule has 2 heterocycles. The lowest BCUT2D eigenvalue weighted by Gasteiger charge is -2.03. The van der Waals surface area contributed by atoms with Gasteiger partial charge in [-0.15, -0.1) is 0 Å². The van der Waals surface area contributed by atoms with E-state index in [2.05, 4.69) is 14.9 Å². The van der Waals surface area contributed by atoms with Crippen LogP contribution >= 0.6 is 11.3 Å². The summed E-state index contributed by atoms with van der Waals surface area (Å²) in [6, 6.07) is 1.02. The molecular formula is C8H8N4O4S2. The highest BCUT2D eigenvalue weighted by Crippen LogP contribution is 2.27. The van der Waals surface area contributed by atoms with Gasteiger partial charge in [-0.3, -0.25) is 19.9 Å². The van der Waals surface area contributed by atoms with E-state index in [9.17, 15) is 18.5 Å². The molecule has 96 valence electrons. The Hall–Kier alpha value is -1.94. The summed E-state index contributed by atoms with van der Waals surface area (Å²) in [7, 11) is -3.82. The zero-order valence-electron chi connectivity index (χ0n) is 9.08. The summed E-state index contributed by atoms with van der Waals surface area (Å²) in [5.41, 5.74) is 0.868. The summed E-state index contributed by atoms with van der Waals surface area (Å²) in [4.78, 5) is 9.73. The fourth-order valence-electron chi connectivity index (χ4n) is 1.20. The predicted octanol–water partition coefficient (Wildman–Crippen LogP) is 1.49. The third kappa shape index (κ3) is 2.33. The van der Waals surface area contributed by atoms with E-state index in [4.69, 9.17) is 0 Å². The Balaban J connectivity index is 2.31. The number of hydrogen-bond donors (Lipinski definition) is 2. The first-order chi connectivity index (χ1) is 8.40. The van der Waals surface area contributed by atoms with Gasteiger partial charge in [-0.25, -0.2) is 8.42 Å². The molecule has 0 bridgehead atoms. The molecule has 0 aliphatic carbocycles. The molecule has 0 radical (unpaired) electrons. The number of aromatic nitrogens is 2. The van der Waals surface area contributed by atoms with Crippen LogP contribution < -0.4 is 4.72 Å². The minimum Gasteiger partial charge on any atom is -0.281 e. The number of nitro groups is 1. The lowest BCUT2D eigenvalue weighted by molar-refractivity contribution is -0.380. The van der Waals surface area contributed by atoms with E-state index in [0.717, 1.165) is 17.4 Å². The van der Waals surface area contributed by atoms with Gasteiger partial charge in [0.15, 0.2) is 0 Å². The molecule has 18 heavy (non-hydrogen) atoms. The van der Waals surface area contributed by atoms with Gasteiger partial charge in [-0.05, 0) is 6.92 Å². The first kappa shape index (κ1) is 12.5. The van der Waals surface area contributed by atoms with Gasteiger partial charge in [0.05, 0.1) is 22.5 Å². The summed E-state index contributed by atoms with van der Waals surface area (Å²) in [6.45, 7) is 1.65. The third-order valence-electron chi connectivity index (χ3n) is 2.13. The van der Waals surface area contributed by atoms with Crippen LogP contribution in [0.15, 0.2) is 22.5 Å². The number of nitrogens with one attached hydrogen (secondary N) is 2. The average Bonchev–Trinajstić information content (AvgIpc) is 2.88. The molecule has 2 N–H and O–H groups in total. The van der Waals surface area contributed by atoms with Crippen LogP contribution in [-0.4, -0.2) is 23.5 Å². The number of H-pyrrole nitrogens is 1. The molecule has 0 unspecified atom stereocenters. The Morgan fingerprint density at radius 2 is 2.28 bits per heavy atom. The lowest BCUT2D eigenvalue weighted by atomic mass is 10.4. The highest BCUT2D eigenvalue weighted by molar-refractivity contribution is 7.92. The zero-order valence-corrected chi connectivity index (χ0v) is 10.7. The average molecular weight is 288 g/mol. The van der Waals surface area contributed by atoms with Gasteiger partial charge in [-0.1, -0.05) is 11.3 Å². The van der Waals surface area contributed by atoms with Crippen molar-refractivity contribution in [2.24, 2.45) is 0 Å². The second-order valence-electron chi connectivity index (χ2n) is 3.39. The molecule has 2 aromatic heterocycles. The molecule has 0 amide bonds. The SMILES string of the molecule is Cc1[nH]ncc1NS(=O)(=O)c1csc([N+](=O)[O-])c1. The Morgan fingerprint density at radius 1 is 1.56 bits per heavy atom. The van der Waals surface area contributed by atoms with Crippen molar-refractivity contribution in [2.75, 3.05) is 4.72 Å². The molecule has 2 aromatic rings. The van der Waals surface area contributed by atoms with Gasteiger partial charge in [0.1, 0.15) is 4.90 Å². The van der Waals surface area contributed by atoms with Gasteiger partial charge < -0.3 is 0 Å². The van der Waals surface area contributed by atoms with Gasteiger partial charge in [0, 0.05) is 11.4 Å². The Bertz CT molecular complexity index is 688. The highest BCUT2D eigenvalue weighted by Gasteiger charge is 2.21. The van der Waals surface area contributed by atoms with Crippen LogP contribution in [0.1, 0.15) is 5.69 Å². The smallest absolute Gasteiger partial charge is 0.281 e. The van der Waals surface area contributed by atoms with Gasteiger partial charge >= 0.3 is 5.00 Å². The number of aryl methyl sites for hydroxylation is 1. The quantitative estimate of drug-likeness (QED) is 0.652. The molecule has 8 nitrogen and oxygen atoms in total. The fraction of sp³-hybridized carbons (Fsp3) is 0.125. The standard InChI is InChI=1S/C8H8N4O4S2/c1-5-7(3-9-10-5)11-18(15,16)6-2-8(12(13)14)17-4-6/h2-4,11H,1H3,(H,9,10). The topological polar surface area (TPSA) is 118 Å². The second-order valence-corrected chi connectivity index (χ2v) is 5.96. The van der Waals surface area contributed by atoms with E-state index in [1.54, 1.807) is 6.92 Å². The summed E-state index contributed by atoms with van der Waals surface area (Å²) in [5.74, 6) is 0. The molecule has 0 saturated carbocycles. The number of aromatic amines is 1. The number of thiophene rings is 1. The molecule has 0 aliphatic rings. The van der Waals surface area contributed by atoms with Gasteiger partial charge in [0.25, 0.3) is 10.0 Å². The largest absolute Gasteiger partial charge is 0.325 e.